The Hall–Kier alpha value is -5.71. The van der Waals surface area contributed by atoms with E-state index in [1.54, 1.807) is 23.7 Å². The van der Waals surface area contributed by atoms with Gasteiger partial charge in [0, 0.05) is 63.0 Å². The third-order valence-electron chi connectivity index (χ3n) is 12.2. The van der Waals surface area contributed by atoms with Gasteiger partial charge in [0.2, 0.25) is 11.8 Å². The number of imidazole rings is 1. The standard InChI is InChI=1S/C41H46F3N9O5/c1-49(27-15-17-51(18-16-27)32-5-4-6-33-37(32)50(2)40(57)53(33)34-13-14-36(54)47-39(34)56)22-24-7-10-28(11-8-24)52-23-25-19-31(35(58-3)20-30(25)48-52)46-38(55)29-12-9-26(21-45-29)41(42,43)44/h4-6,9,12,19-21,23-24,27-28,34H,7-8,10-11,13-18,22H2,1-3H3,(H,46,55)(H,47,54,56). The monoisotopic (exact) mass is 801 g/mol. The van der Waals surface area contributed by atoms with Crippen LogP contribution in [0.5, 0.6) is 5.75 Å². The summed E-state index contributed by atoms with van der Waals surface area (Å²) in [6, 6.07) is 11.1. The Balaban J connectivity index is 0.860. The minimum Gasteiger partial charge on any atom is -0.494 e. The maximum atomic E-state index is 13.4. The highest BCUT2D eigenvalue weighted by atomic mass is 19.4. The zero-order chi connectivity index (χ0) is 40.9. The number of methoxy groups -OCH3 is 1. The van der Waals surface area contributed by atoms with E-state index in [0.29, 0.717) is 47.0 Å². The largest absolute Gasteiger partial charge is 0.494 e. The fourth-order valence-corrected chi connectivity index (χ4v) is 9.01. The van der Waals surface area contributed by atoms with Crippen LogP contribution in [0.3, 0.4) is 0 Å². The summed E-state index contributed by atoms with van der Waals surface area (Å²) >= 11 is 0. The van der Waals surface area contributed by atoms with Crippen molar-refractivity contribution in [3.05, 3.63) is 76.6 Å². The molecule has 2 aromatic carbocycles. The van der Waals surface area contributed by atoms with Crippen molar-refractivity contribution in [2.45, 2.75) is 75.7 Å². The highest BCUT2D eigenvalue weighted by Crippen LogP contribution is 2.37. The number of alkyl halides is 3. The van der Waals surface area contributed by atoms with E-state index in [9.17, 15) is 32.3 Å². The van der Waals surface area contributed by atoms with Crippen LogP contribution in [0.1, 0.15) is 79.5 Å². The van der Waals surface area contributed by atoms with Gasteiger partial charge in [0.05, 0.1) is 46.6 Å². The molecule has 17 heteroatoms. The Morgan fingerprint density at radius 1 is 1.02 bits per heavy atom. The number of ether oxygens (including phenoxy) is 1. The van der Waals surface area contributed by atoms with E-state index in [0.717, 1.165) is 86.9 Å². The predicted molar refractivity (Wildman–Crippen MR) is 211 cm³/mol. The fourth-order valence-electron chi connectivity index (χ4n) is 9.01. The molecule has 0 bridgehead atoms. The number of aryl methyl sites for hydroxylation is 1. The summed E-state index contributed by atoms with van der Waals surface area (Å²) in [4.78, 5) is 59.4. The maximum Gasteiger partial charge on any atom is 0.417 e. The number of piperidine rings is 2. The summed E-state index contributed by atoms with van der Waals surface area (Å²) in [6.45, 7) is 2.69. The van der Waals surface area contributed by atoms with Crippen LogP contribution in [-0.2, 0) is 22.8 Å². The van der Waals surface area contributed by atoms with Gasteiger partial charge in [-0.15, -0.1) is 0 Å². The van der Waals surface area contributed by atoms with Gasteiger partial charge in [0.25, 0.3) is 5.91 Å². The fraction of sp³-hybridized carbons (Fsp3) is 0.463. The number of amides is 3. The number of fused-ring (bicyclic) bond motifs is 2. The van der Waals surface area contributed by atoms with Crippen LogP contribution in [0.4, 0.5) is 24.5 Å². The van der Waals surface area contributed by atoms with E-state index < -0.39 is 29.6 Å². The Kier molecular flexibility index (Phi) is 10.5. The molecule has 2 saturated heterocycles. The summed E-state index contributed by atoms with van der Waals surface area (Å²) in [7, 11) is 5.43. The molecule has 306 valence electrons. The van der Waals surface area contributed by atoms with E-state index in [-0.39, 0.29) is 29.8 Å². The number of hydrogen-bond acceptors (Lipinski definition) is 9. The lowest BCUT2D eigenvalue weighted by molar-refractivity contribution is -0.138. The molecular weight excluding hydrogens is 756 g/mol. The van der Waals surface area contributed by atoms with Crippen LogP contribution < -0.4 is 26.0 Å². The van der Waals surface area contributed by atoms with Crippen LogP contribution >= 0.6 is 0 Å². The Labute approximate surface area is 331 Å². The molecule has 8 rings (SSSR count). The Bertz CT molecular complexity index is 2420. The van der Waals surface area contributed by atoms with Gasteiger partial charge in [0.1, 0.15) is 17.5 Å². The molecule has 3 amide bonds. The van der Waals surface area contributed by atoms with Crippen molar-refractivity contribution < 1.29 is 32.3 Å². The third kappa shape index (κ3) is 7.54. The van der Waals surface area contributed by atoms with E-state index in [4.69, 9.17) is 9.84 Å². The van der Waals surface area contributed by atoms with Gasteiger partial charge >= 0.3 is 11.9 Å². The number of rotatable bonds is 9. The second kappa shape index (κ2) is 15.6. The first-order valence-corrected chi connectivity index (χ1v) is 19.7. The number of nitrogens with one attached hydrogen (secondary N) is 2. The van der Waals surface area contributed by atoms with Gasteiger partial charge in [0.15, 0.2) is 0 Å². The number of halogens is 3. The highest BCUT2D eigenvalue weighted by molar-refractivity contribution is 6.05. The number of anilines is 2. The number of benzene rings is 2. The number of carbonyl (C=O) groups is 3. The molecular formula is C41H46F3N9O5. The van der Waals surface area contributed by atoms with Crippen molar-refractivity contribution in [3.63, 3.8) is 0 Å². The average molecular weight is 802 g/mol. The topological polar surface area (TPSA) is 149 Å². The van der Waals surface area contributed by atoms with Gasteiger partial charge in [-0.2, -0.15) is 18.3 Å². The number of para-hydroxylation sites is 1. The van der Waals surface area contributed by atoms with E-state index in [1.807, 2.05) is 29.1 Å². The van der Waals surface area contributed by atoms with E-state index in [1.165, 1.54) is 11.7 Å². The minimum atomic E-state index is -4.55. The molecule has 0 radical (unpaired) electrons. The average Bonchev–Trinajstić information content (AvgIpc) is 3.74. The summed E-state index contributed by atoms with van der Waals surface area (Å²) in [5.41, 5.74) is 2.20. The highest BCUT2D eigenvalue weighted by Gasteiger charge is 2.34. The van der Waals surface area contributed by atoms with Crippen molar-refractivity contribution >= 4 is 51.0 Å². The van der Waals surface area contributed by atoms with Crippen molar-refractivity contribution in [1.29, 1.82) is 0 Å². The SMILES string of the molecule is COc1cc2nn(C3CCC(CN(C)C4CCN(c5cccc6c5n(C)c(=O)n6C5CCC(=O)NC5=O)CC4)CC3)cc2cc1NC(=O)c1ccc(C(F)(F)F)cn1. The number of hydrogen-bond donors (Lipinski definition) is 2. The van der Waals surface area contributed by atoms with Crippen LogP contribution in [0.15, 0.2) is 59.7 Å². The molecule has 1 atom stereocenters. The molecule has 3 aliphatic rings. The van der Waals surface area contributed by atoms with Gasteiger partial charge in [-0.3, -0.25) is 38.5 Å². The molecule has 14 nitrogen and oxygen atoms in total. The van der Waals surface area contributed by atoms with E-state index >= 15 is 0 Å². The van der Waals surface area contributed by atoms with Crippen molar-refractivity contribution in [2.24, 2.45) is 13.0 Å². The maximum absolute atomic E-state index is 13.4. The number of carbonyl (C=O) groups excluding carboxylic acids is 3. The zero-order valence-corrected chi connectivity index (χ0v) is 32.6. The molecule has 1 unspecified atom stereocenters. The van der Waals surface area contributed by atoms with Crippen molar-refractivity contribution in [2.75, 3.05) is 44.0 Å². The first-order chi connectivity index (χ1) is 27.8. The summed E-state index contributed by atoms with van der Waals surface area (Å²) in [6.07, 6.45) is 4.60. The lowest BCUT2D eigenvalue weighted by atomic mass is 9.85. The minimum absolute atomic E-state index is 0.151. The first kappa shape index (κ1) is 39.1. The molecule has 2 aliphatic heterocycles. The van der Waals surface area contributed by atoms with Gasteiger partial charge in [-0.1, -0.05) is 6.07 Å². The molecule has 2 N–H and O–H groups in total. The zero-order valence-electron chi connectivity index (χ0n) is 32.6. The third-order valence-corrected chi connectivity index (χ3v) is 12.2. The Morgan fingerprint density at radius 2 is 1.78 bits per heavy atom. The normalized spacial score (nSPS) is 20.9. The van der Waals surface area contributed by atoms with Crippen molar-refractivity contribution in [1.82, 2.24) is 34.1 Å². The molecule has 3 aromatic heterocycles. The summed E-state index contributed by atoms with van der Waals surface area (Å²) < 4.78 is 49.6. The molecule has 5 aromatic rings. The second-order valence-electron chi connectivity index (χ2n) is 15.8. The van der Waals surface area contributed by atoms with Crippen LogP contribution in [0.25, 0.3) is 21.9 Å². The predicted octanol–water partition coefficient (Wildman–Crippen LogP) is 5.67. The van der Waals surface area contributed by atoms with E-state index in [2.05, 4.69) is 32.5 Å². The van der Waals surface area contributed by atoms with Gasteiger partial charge in [-0.25, -0.2) is 4.79 Å². The van der Waals surface area contributed by atoms with Gasteiger partial charge in [-0.05, 0) is 88.2 Å². The summed E-state index contributed by atoms with van der Waals surface area (Å²) in [5.74, 6) is -0.474. The number of imide groups is 1. The summed E-state index contributed by atoms with van der Waals surface area (Å²) in [5, 5.41) is 10.7. The second-order valence-corrected chi connectivity index (χ2v) is 15.8. The number of pyridine rings is 1. The first-order valence-electron chi connectivity index (χ1n) is 19.7. The van der Waals surface area contributed by atoms with Crippen LogP contribution in [-0.4, -0.2) is 86.4 Å². The molecule has 5 heterocycles. The molecule has 58 heavy (non-hydrogen) atoms. The lowest BCUT2D eigenvalue weighted by Crippen LogP contribution is -2.45. The van der Waals surface area contributed by atoms with Gasteiger partial charge < -0.3 is 19.9 Å². The lowest BCUT2D eigenvalue weighted by Gasteiger charge is -2.40. The molecule has 1 saturated carbocycles. The quantitative estimate of drug-likeness (QED) is 0.180. The number of aromatic nitrogens is 5. The molecule has 1 aliphatic carbocycles. The van der Waals surface area contributed by atoms with Crippen LogP contribution in [0, 0.1) is 5.92 Å². The van der Waals surface area contributed by atoms with Crippen LogP contribution in [0.2, 0.25) is 0 Å². The Morgan fingerprint density at radius 3 is 2.45 bits per heavy atom. The van der Waals surface area contributed by atoms with Crippen molar-refractivity contribution in [3.8, 4) is 5.75 Å². The number of nitrogens with zero attached hydrogens (tertiary/aromatic N) is 7. The smallest absolute Gasteiger partial charge is 0.417 e. The molecule has 0 spiro atoms. The molecule has 3 fully saturated rings.